The number of carbonyl (C=O) groups is 1. The van der Waals surface area contributed by atoms with Gasteiger partial charge in [0, 0.05) is 24.3 Å². The Morgan fingerprint density at radius 1 is 1.33 bits per heavy atom. The van der Waals surface area contributed by atoms with E-state index in [4.69, 9.17) is 5.73 Å². The van der Waals surface area contributed by atoms with E-state index in [0.717, 1.165) is 0 Å². The van der Waals surface area contributed by atoms with Gasteiger partial charge >= 0.3 is 6.18 Å². The standard InChI is InChI=1S/C14H18F3N3O/c15-14(16,17)9-20-6-5-10(8-20)7-19-13(21)11-1-3-12(18)4-2-11/h1-4,10H,5-9,18H2,(H,19,21). The average Bonchev–Trinajstić information content (AvgIpc) is 2.82. The first kappa shape index (κ1) is 15.6. The third-order valence-corrected chi connectivity index (χ3v) is 3.50. The van der Waals surface area contributed by atoms with E-state index < -0.39 is 12.7 Å². The van der Waals surface area contributed by atoms with Crippen molar-refractivity contribution >= 4 is 11.6 Å². The Kier molecular flexibility index (Phi) is 4.72. The predicted octanol–water partition coefficient (Wildman–Crippen LogP) is 1.88. The smallest absolute Gasteiger partial charge is 0.399 e. The van der Waals surface area contributed by atoms with Crippen LogP contribution >= 0.6 is 0 Å². The molecule has 1 amide bonds. The number of benzene rings is 1. The number of anilines is 1. The van der Waals surface area contributed by atoms with Gasteiger partial charge in [0.2, 0.25) is 0 Å². The lowest BCUT2D eigenvalue weighted by Crippen LogP contribution is -2.34. The molecular weight excluding hydrogens is 283 g/mol. The summed E-state index contributed by atoms with van der Waals surface area (Å²) in [7, 11) is 0. The fourth-order valence-corrected chi connectivity index (χ4v) is 2.45. The molecule has 1 aliphatic rings. The van der Waals surface area contributed by atoms with Crippen molar-refractivity contribution in [2.45, 2.75) is 12.6 Å². The highest BCUT2D eigenvalue weighted by molar-refractivity contribution is 5.94. The second kappa shape index (κ2) is 6.34. The molecule has 0 spiro atoms. The molecule has 2 rings (SSSR count). The molecule has 4 nitrogen and oxygen atoms in total. The first-order chi connectivity index (χ1) is 9.83. The summed E-state index contributed by atoms with van der Waals surface area (Å²) in [4.78, 5) is 13.3. The molecule has 21 heavy (non-hydrogen) atoms. The number of nitrogen functional groups attached to an aromatic ring is 1. The maximum Gasteiger partial charge on any atom is 0.401 e. The number of alkyl halides is 3. The summed E-state index contributed by atoms with van der Waals surface area (Å²) < 4.78 is 36.8. The van der Waals surface area contributed by atoms with Crippen molar-refractivity contribution < 1.29 is 18.0 Å². The van der Waals surface area contributed by atoms with E-state index in [1.165, 1.54) is 4.90 Å². The second-order valence-electron chi connectivity index (χ2n) is 5.34. The molecule has 0 aliphatic carbocycles. The van der Waals surface area contributed by atoms with Gasteiger partial charge in [0.15, 0.2) is 0 Å². The average molecular weight is 301 g/mol. The highest BCUT2D eigenvalue weighted by Crippen LogP contribution is 2.22. The van der Waals surface area contributed by atoms with Gasteiger partial charge in [0.25, 0.3) is 5.91 Å². The van der Waals surface area contributed by atoms with Gasteiger partial charge in [-0.15, -0.1) is 0 Å². The van der Waals surface area contributed by atoms with Gasteiger partial charge in [-0.1, -0.05) is 0 Å². The van der Waals surface area contributed by atoms with Crippen LogP contribution in [0, 0.1) is 5.92 Å². The van der Waals surface area contributed by atoms with Crippen molar-refractivity contribution in [2.75, 3.05) is 31.9 Å². The van der Waals surface area contributed by atoms with Gasteiger partial charge in [-0.3, -0.25) is 9.69 Å². The minimum absolute atomic E-state index is 0.0603. The Bertz CT molecular complexity index is 487. The van der Waals surface area contributed by atoms with Crippen LogP contribution in [0.3, 0.4) is 0 Å². The summed E-state index contributed by atoms with van der Waals surface area (Å²) in [5.41, 5.74) is 6.61. The molecule has 0 saturated carbocycles. The number of hydrogen-bond donors (Lipinski definition) is 2. The molecule has 1 aromatic rings. The summed E-state index contributed by atoms with van der Waals surface area (Å²) >= 11 is 0. The number of hydrogen-bond acceptors (Lipinski definition) is 3. The molecule has 1 aromatic carbocycles. The van der Waals surface area contributed by atoms with Gasteiger partial charge in [-0.25, -0.2) is 0 Å². The number of nitrogens with one attached hydrogen (secondary N) is 1. The van der Waals surface area contributed by atoms with Crippen LogP contribution in [0.15, 0.2) is 24.3 Å². The van der Waals surface area contributed by atoms with E-state index in [0.29, 0.717) is 37.3 Å². The number of likely N-dealkylation sites (tertiary alicyclic amines) is 1. The van der Waals surface area contributed by atoms with Gasteiger partial charge in [-0.2, -0.15) is 13.2 Å². The van der Waals surface area contributed by atoms with Crippen molar-refractivity contribution in [3.8, 4) is 0 Å². The summed E-state index contributed by atoms with van der Waals surface area (Å²) in [6.07, 6.45) is -3.50. The van der Waals surface area contributed by atoms with Crippen molar-refractivity contribution in [3.05, 3.63) is 29.8 Å². The highest BCUT2D eigenvalue weighted by Gasteiger charge is 2.34. The van der Waals surface area contributed by atoms with Gasteiger partial charge in [-0.05, 0) is 43.1 Å². The maximum absolute atomic E-state index is 12.3. The van der Waals surface area contributed by atoms with Crippen molar-refractivity contribution in [1.29, 1.82) is 0 Å². The third-order valence-electron chi connectivity index (χ3n) is 3.50. The molecule has 1 saturated heterocycles. The zero-order valence-electron chi connectivity index (χ0n) is 11.5. The van der Waals surface area contributed by atoms with Crippen molar-refractivity contribution in [3.63, 3.8) is 0 Å². The van der Waals surface area contributed by atoms with E-state index in [1.807, 2.05) is 0 Å². The Hall–Kier alpha value is -1.76. The number of nitrogens with two attached hydrogens (primary N) is 1. The van der Waals surface area contributed by atoms with Crippen LogP contribution in [-0.4, -0.2) is 43.2 Å². The SMILES string of the molecule is Nc1ccc(C(=O)NCC2CCN(CC(F)(F)F)C2)cc1. The number of nitrogens with zero attached hydrogens (tertiary/aromatic N) is 1. The lowest BCUT2D eigenvalue weighted by atomic mass is 10.1. The number of amides is 1. The van der Waals surface area contributed by atoms with Crippen LogP contribution in [0.25, 0.3) is 0 Å². The molecule has 1 atom stereocenters. The molecule has 3 N–H and O–H groups in total. The quantitative estimate of drug-likeness (QED) is 0.835. The Labute approximate surface area is 121 Å². The fraction of sp³-hybridized carbons (Fsp3) is 0.500. The maximum atomic E-state index is 12.3. The first-order valence-electron chi connectivity index (χ1n) is 6.76. The lowest BCUT2D eigenvalue weighted by Gasteiger charge is -2.18. The predicted molar refractivity (Wildman–Crippen MR) is 73.8 cm³/mol. The summed E-state index contributed by atoms with van der Waals surface area (Å²) in [5.74, 6) is -0.172. The highest BCUT2D eigenvalue weighted by atomic mass is 19.4. The van der Waals surface area contributed by atoms with Crippen LogP contribution < -0.4 is 11.1 Å². The number of rotatable bonds is 4. The minimum Gasteiger partial charge on any atom is -0.399 e. The van der Waals surface area contributed by atoms with E-state index >= 15 is 0 Å². The van der Waals surface area contributed by atoms with E-state index in [1.54, 1.807) is 24.3 Å². The first-order valence-corrected chi connectivity index (χ1v) is 6.76. The molecule has 1 aliphatic heterocycles. The summed E-state index contributed by atoms with van der Waals surface area (Å²) in [6.45, 7) is 0.288. The largest absolute Gasteiger partial charge is 0.401 e. The zero-order valence-corrected chi connectivity index (χ0v) is 11.5. The van der Waals surface area contributed by atoms with Crippen LogP contribution in [0.1, 0.15) is 16.8 Å². The third kappa shape index (κ3) is 4.93. The molecular formula is C14H18F3N3O. The van der Waals surface area contributed by atoms with E-state index in [2.05, 4.69) is 5.32 Å². The van der Waals surface area contributed by atoms with Crippen LogP contribution in [-0.2, 0) is 0 Å². The molecule has 1 fully saturated rings. The Morgan fingerprint density at radius 3 is 2.62 bits per heavy atom. The van der Waals surface area contributed by atoms with Gasteiger partial charge in [0.1, 0.15) is 0 Å². The second-order valence-corrected chi connectivity index (χ2v) is 5.34. The fourth-order valence-electron chi connectivity index (χ4n) is 2.45. The molecule has 0 bridgehead atoms. The van der Waals surface area contributed by atoms with E-state index in [-0.39, 0.29) is 11.8 Å². The Balaban J connectivity index is 1.76. The monoisotopic (exact) mass is 301 g/mol. The number of halogens is 3. The summed E-state index contributed by atoms with van der Waals surface area (Å²) in [6, 6.07) is 6.51. The summed E-state index contributed by atoms with van der Waals surface area (Å²) in [5, 5.41) is 2.76. The topological polar surface area (TPSA) is 58.4 Å². The molecule has 7 heteroatoms. The molecule has 0 aromatic heterocycles. The van der Waals surface area contributed by atoms with Crippen LogP contribution in [0.2, 0.25) is 0 Å². The minimum atomic E-state index is -4.16. The molecule has 1 heterocycles. The Morgan fingerprint density at radius 2 is 2.00 bits per heavy atom. The number of carbonyl (C=O) groups excluding carboxylic acids is 1. The van der Waals surface area contributed by atoms with Crippen molar-refractivity contribution in [2.24, 2.45) is 5.92 Å². The van der Waals surface area contributed by atoms with Gasteiger partial charge < -0.3 is 11.1 Å². The van der Waals surface area contributed by atoms with E-state index in [9.17, 15) is 18.0 Å². The van der Waals surface area contributed by atoms with Gasteiger partial charge in [0.05, 0.1) is 6.54 Å². The van der Waals surface area contributed by atoms with Crippen molar-refractivity contribution in [1.82, 2.24) is 10.2 Å². The molecule has 1 unspecified atom stereocenters. The molecule has 116 valence electrons. The zero-order chi connectivity index (χ0) is 15.5. The molecule has 0 radical (unpaired) electrons. The normalized spacial score (nSPS) is 19.7. The lowest BCUT2D eigenvalue weighted by molar-refractivity contribution is -0.143. The van der Waals surface area contributed by atoms with Crippen LogP contribution in [0.4, 0.5) is 18.9 Å². The van der Waals surface area contributed by atoms with Crippen LogP contribution in [0.5, 0.6) is 0 Å².